The molecular formula is C12H14F6NO4S2+. The molecule has 0 radical (unpaired) electrons. The van der Waals surface area contributed by atoms with Gasteiger partial charge in [-0.2, -0.15) is 26.3 Å². The zero-order chi connectivity index (χ0) is 19.5. The Kier molecular flexibility index (Phi) is 6.48. The zero-order valence-corrected chi connectivity index (χ0v) is 14.1. The lowest BCUT2D eigenvalue weighted by atomic mass is 10.3. The largest absolute Gasteiger partial charge is 0.497 e. The van der Waals surface area contributed by atoms with E-state index in [-0.39, 0.29) is 24.9 Å². The van der Waals surface area contributed by atoms with Gasteiger partial charge in [0, 0.05) is 18.6 Å². The Hall–Kier alpha value is -1.37. The van der Waals surface area contributed by atoms with Crippen molar-refractivity contribution in [2.45, 2.75) is 36.2 Å². The van der Waals surface area contributed by atoms with Crippen molar-refractivity contribution >= 4 is 19.7 Å². The summed E-state index contributed by atoms with van der Waals surface area (Å²) in [7, 11) is -10.5. The number of halogens is 6. The average molecular weight is 414 g/mol. The molecule has 25 heavy (non-hydrogen) atoms. The fourth-order valence-electron chi connectivity index (χ4n) is 1.74. The van der Waals surface area contributed by atoms with Crippen LogP contribution in [0.3, 0.4) is 0 Å². The molecular weight excluding hydrogens is 400 g/mol. The van der Waals surface area contributed by atoms with E-state index in [1.807, 2.05) is 0 Å². The van der Waals surface area contributed by atoms with Crippen LogP contribution in [-0.2, 0) is 32.0 Å². The van der Waals surface area contributed by atoms with Crippen molar-refractivity contribution in [3.63, 3.8) is 0 Å². The van der Waals surface area contributed by atoms with Gasteiger partial charge in [-0.3, -0.25) is 0 Å². The van der Waals surface area contributed by atoms with Crippen LogP contribution in [0.4, 0.5) is 26.3 Å². The van der Waals surface area contributed by atoms with Crippen LogP contribution in [0.15, 0.2) is 24.5 Å². The molecule has 0 aliphatic rings. The molecule has 1 rings (SSSR count). The van der Waals surface area contributed by atoms with Crippen LogP contribution in [0.25, 0.3) is 0 Å². The lowest BCUT2D eigenvalue weighted by molar-refractivity contribution is -0.697. The lowest BCUT2D eigenvalue weighted by Crippen LogP contribution is -2.33. The van der Waals surface area contributed by atoms with Gasteiger partial charge in [-0.25, -0.2) is 21.4 Å². The maximum Gasteiger partial charge on any atom is 0.497 e. The summed E-state index contributed by atoms with van der Waals surface area (Å²) in [5.74, 6) is -2.28. The molecule has 0 saturated heterocycles. The molecule has 0 aromatic carbocycles. The van der Waals surface area contributed by atoms with Crippen molar-refractivity contribution in [2.24, 2.45) is 0 Å². The van der Waals surface area contributed by atoms with Crippen molar-refractivity contribution in [2.75, 3.05) is 5.75 Å². The molecule has 0 aliphatic carbocycles. The van der Waals surface area contributed by atoms with Gasteiger partial charge < -0.3 is 0 Å². The Morgan fingerprint density at radius 1 is 0.800 bits per heavy atom. The predicted molar refractivity (Wildman–Crippen MR) is 74.4 cm³/mol. The van der Waals surface area contributed by atoms with Gasteiger partial charge in [0.2, 0.25) is 9.84 Å². The zero-order valence-electron chi connectivity index (χ0n) is 12.5. The minimum Gasteiger partial charge on any atom is -0.220 e. The third kappa shape index (κ3) is 6.13. The first-order chi connectivity index (χ1) is 11.2. The lowest BCUT2D eigenvalue weighted by Gasteiger charge is -2.07. The molecule has 0 atom stereocenters. The van der Waals surface area contributed by atoms with Crippen molar-refractivity contribution in [1.82, 2.24) is 0 Å². The number of hydrogen-bond donors (Lipinski definition) is 0. The van der Waals surface area contributed by atoms with Gasteiger partial charge >= 0.3 is 11.0 Å². The van der Waals surface area contributed by atoms with E-state index in [9.17, 15) is 43.2 Å². The Balaban J connectivity index is 2.56. The van der Waals surface area contributed by atoms with E-state index in [1.165, 1.54) is 17.0 Å². The van der Waals surface area contributed by atoms with Gasteiger partial charge in [-0.15, -0.1) is 0 Å². The Morgan fingerprint density at radius 2 is 1.28 bits per heavy atom. The van der Waals surface area contributed by atoms with Crippen molar-refractivity contribution in [1.29, 1.82) is 0 Å². The number of unbranched alkanes of at least 4 members (excludes halogenated alkanes) is 1. The number of aromatic nitrogens is 1. The summed E-state index contributed by atoms with van der Waals surface area (Å²) >= 11 is 0. The maximum absolute atomic E-state index is 12.3. The maximum atomic E-state index is 12.3. The van der Waals surface area contributed by atoms with Crippen molar-refractivity contribution in [3.8, 4) is 0 Å². The van der Waals surface area contributed by atoms with E-state index in [0.717, 1.165) is 12.1 Å². The first-order valence-corrected chi connectivity index (χ1v) is 10.0. The number of aryl methyl sites for hydroxylation is 1. The summed E-state index contributed by atoms with van der Waals surface area (Å²) in [4.78, 5) is 0. The normalized spacial score (nSPS) is 13.8. The number of hydrogen-bond acceptors (Lipinski definition) is 4. The van der Waals surface area contributed by atoms with Crippen molar-refractivity contribution in [3.05, 3.63) is 30.1 Å². The van der Waals surface area contributed by atoms with E-state index in [2.05, 4.69) is 0 Å². The quantitative estimate of drug-likeness (QED) is 0.389. The Labute approximate surface area is 140 Å². The predicted octanol–water partition coefficient (Wildman–Crippen LogP) is 2.12. The molecule has 0 aliphatic heterocycles. The summed E-state index contributed by atoms with van der Waals surface area (Å²) in [5, 5.41) is 0. The molecule has 1 heterocycles. The van der Waals surface area contributed by atoms with Crippen LogP contribution in [0, 0.1) is 0 Å². The second-order valence-corrected chi connectivity index (χ2v) is 9.20. The second kappa shape index (κ2) is 7.48. The smallest absolute Gasteiger partial charge is 0.220 e. The second-order valence-electron chi connectivity index (χ2n) is 5.12. The number of rotatable bonds is 7. The highest BCUT2D eigenvalue weighted by atomic mass is 32.2. The van der Waals surface area contributed by atoms with E-state index < -0.39 is 42.2 Å². The van der Waals surface area contributed by atoms with Gasteiger partial charge in [-0.1, -0.05) is 0 Å². The molecule has 0 spiro atoms. The summed E-state index contributed by atoms with van der Waals surface area (Å²) in [6.45, 7) is 0.125. The monoisotopic (exact) mass is 414 g/mol. The molecule has 0 saturated carbocycles. The minimum atomic E-state index is -5.36. The average Bonchev–Trinajstić information content (AvgIpc) is 2.42. The summed E-state index contributed by atoms with van der Waals surface area (Å²) in [6, 6.07) is 2.27. The number of nitrogens with zero attached hydrogens (tertiary/aromatic N) is 1. The van der Waals surface area contributed by atoms with E-state index in [0.29, 0.717) is 0 Å². The molecule has 1 aromatic heterocycles. The van der Waals surface area contributed by atoms with Gasteiger partial charge in [-0.05, 0) is 12.0 Å². The van der Waals surface area contributed by atoms with Crippen LogP contribution in [0.5, 0.6) is 0 Å². The first-order valence-electron chi connectivity index (χ1n) is 6.72. The molecule has 5 nitrogen and oxygen atoms in total. The molecule has 0 bridgehead atoms. The number of pyridine rings is 1. The summed E-state index contributed by atoms with van der Waals surface area (Å²) < 4.78 is 118. The van der Waals surface area contributed by atoms with E-state index in [4.69, 9.17) is 0 Å². The summed E-state index contributed by atoms with van der Waals surface area (Å²) in [5.41, 5.74) is -10.8. The van der Waals surface area contributed by atoms with Gasteiger partial charge in [0.05, 0.1) is 11.5 Å². The van der Waals surface area contributed by atoms with Crippen LogP contribution < -0.4 is 4.57 Å². The van der Waals surface area contributed by atoms with E-state index in [1.54, 1.807) is 0 Å². The number of sulfone groups is 2. The highest BCUT2D eigenvalue weighted by Crippen LogP contribution is 2.26. The van der Waals surface area contributed by atoms with E-state index >= 15 is 0 Å². The molecule has 1 aromatic rings. The molecule has 0 amide bonds. The Morgan fingerprint density at radius 3 is 1.72 bits per heavy atom. The van der Waals surface area contributed by atoms with Gasteiger partial charge in [0.1, 0.15) is 6.54 Å². The summed E-state index contributed by atoms with van der Waals surface area (Å²) in [6.07, 6.45) is 2.36. The third-order valence-electron chi connectivity index (χ3n) is 3.10. The van der Waals surface area contributed by atoms with Crippen LogP contribution in [0.2, 0.25) is 0 Å². The third-order valence-corrected chi connectivity index (χ3v) is 6.05. The fourth-order valence-corrected chi connectivity index (χ4v) is 3.35. The number of alkyl halides is 6. The molecule has 0 fully saturated rings. The topological polar surface area (TPSA) is 72.2 Å². The first kappa shape index (κ1) is 21.7. The van der Waals surface area contributed by atoms with Crippen LogP contribution in [0.1, 0.15) is 18.4 Å². The molecule has 0 unspecified atom stereocenters. The van der Waals surface area contributed by atoms with Gasteiger partial charge in [0.15, 0.2) is 12.4 Å². The minimum absolute atomic E-state index is 0.0835. The molecule has 0 N–H and O–H groups in total. The molecule has 144 valence electrons. The molecule has 13 heteroatoms. The van der Waals surface area contributed by atoms with Crippen LogP contribution >= 0.6 is 0 Å². The highest BCUT2D eigenvalue weighted by molar-refractivity contribution is 7.92. The van der Waals surface area contributed by atoms with Crippen LogP contribution in [-0.4, -0.2) is 33.6 Å². The SMILES string of the molecule is O=S(=O)(CCCC[n+]1ccc(CS(=O)(=O)C(F)(F)F)cc1)C(F)(F)F. The van der Waals surface area contributed by atoms with Crippen molar-refractivity contribution < 1.29 is 47.7 Å². The Bertz CT molecular complexity index is 782. The standard InChI is InChI=1S/C12H14F6NO4S2/c13-11(14,15)24(20,21)8-2-1-5-19-6-3-10(4-7-19)9-25(22,23)12(16,17)18/h3-4,6-7H,1-2,5,8-9H2/q+1. The fraction of sp³-hybridized carbons (Fsp3) is 0.583. The highest BCUT2D eigenvalue weighted by Gasteiger charge is 2.45. The van der Waals surface area contributed by atoms with Gasteiger partial charge in [0.25, 0.3) is 9.84 Å².